The highest BCUT2D eigenvalue weighted by Crippen LogP contribution is 2.56. The van der Waals surface area contributed by atoms with Crippen molar-refractivity contribution in [2.24, 2.45) is 17.9 Å². The average molecular weight is 518 g/mol. The van der Waals surface area contributed by atoms with Crippen molar-refractivity contribution < 1.29 is 18.0 Å². The van der Waals surface area contributed by atoms with Gasteiger partial charge in [0, 0.05) is 68.1 Å². The van der Waals surface area contributed by atoms with E-state index in [1.54, 1.807) is 7.05 Å². The maximum atomic E-state index is 13.0. The van der Waals surface area contributed by atoms with Gasteiger partial charge in [-0.1, -0.05) is 0 Å². The number of carbonyl (C=O) groups is 1. The van der Waals surface area contributed by atoms with Crippen LogP contribution in [-0.2, 0) is 19.8 Å². The molecule has 2 spiro atoms. The van der Waals surface area contributed by atoms with E-state index < -0.39 is 11.9 Å². The molecule has 3 saturated heterocycles. The molecule has 0 atom stereocenters. The summed E-state index contributed by atoms with van der Waals surface area (Å²) < 4.78 is 40.2. The molecule has 1 N–H and O–H groups in total. The number of amides is 2. The van der Waals surface area contributed by atoms with Crippen LogP contribution in [-0.4, -0.2) is 80.0 Å². The highest BCUT2D eigenvalue weighted by Gasteiger charge is 2.57. The summed E-state index contributed by atoms with van der Waals surface area (Å²) in [5.41, 5.74) is 2.71. The number of rotatable bonds is 4. The Kier molecular flexibility index (Phi) is 5.07. The van der Waals surface area contributed by atoms with Gasteiger partial charge in [0.15, 0.2) is 5.69 Å². The smallest absolute Gasteiger partial charge is 0.323 e. The lowest BCUT2D eigenvalue weighted by atomic mass is 9.57. The second-order valence-electron chi connectivity index (χ2n) is 12.5. The number of H-pyrrole nitrogens is 1. The summed E-state index contributed by atoms with van der Waals surface area (Å²) in [5.74, 6) is 1.23. The van der Waals surface area contributed by atoms with E-state index in [0.29, 0.717) is 29.5 Å². The van der Waals surface area contributed by atoms with Crippen LogP contribution in [0.2, 0.25) is 0 Å². The van der Waals surface area contributed by atoms with E-state index in [1.807, 2.05) is 9.80 Å². The third-order valence-electron chi connectivity index (χ3n) is 9.63. The minimum Gasteiger partial charge on any atom is -0.323 e. The molecule has 2 saturated carbocycles. The Morgan fingerprint density at radius 3 is 2.27 bits per heavy atom. The van der Waals surface area contributed by atoms with E-state index >= 15 is 0 Å². The quantitative estimate of drug-likeness (QED) is 0.667. The van der Waals surface area contributed by atoms with Gasteiger partial charge in [-0.05, 0) is 63.7 Å². The molecule has 2 amide bonds. The molecule has 0 radical (unpaired) electrons. The van der Waals surface area contributed by atoms with E-state index in [-0.39, 0.29) is 11.4 Å². The molecule has 5 fully saturated rings. The van der Waals surface area contributed by atoms with Crippen LogP contribution < -0.4 is 0 Å². The number of hydrogen-bond donors (Lipinski definition) is 1. The van der Waals surface area contributed by atoms with Crippen molar-refractivity contribution in [3.63, 3.8) is 0 Å². The normalized spacial score (nSPS) is 25.3. The summed E-state index contributed by atoms with van der Waals surface area (Å²) >= 11 is 0. The minimum atomic E-state index is -4.42. The Labute approximate surface area is 214 Å². The number of piperidine rings is 1. The lowest BCUT2D eigenvalue weighted by molar-refractivity contribution is -0.141. The van der Waals surface area contributed by atoms with Gasteiger partial charge in [0.1, 0.15) is 0 Å². The monoisotopic (exact) mass is 517 g/mol. The number of nitrogens with one attached hydrogen (secondary N) is 1. The molecule has 37 heavy (non-hydrogen) atoms. The van der Waals surface area contributed by atoms with Gasteiger partial charge in [0.05, 0.1) is 11.4 Å². The zero-order valence-corrected chi connectivity index (χ0v) is 21.2. The van der Waals surface area contributed by atoms with Crippen molar-refractivity contribution in [3.05, 3.63) is 34.9 Å². The summed E-state index contributed by atoms with van der Waals surface area (Å²) in [6.07, 6.45) is 2.35. The summed E-state index contributed by atoms with van der Waals surface area (Å²) in [4.78, 5) is 19.3. The van der Waals surface area contributed by atoms with Gasteiger partial charge >= 0.3 is 12.2 Å². The number of likely N-dealkylation sites (tertiary alicyclic amines) is 3. The number of aryl methyl sites for hydroxylation is 1. The van der Waals surface area contributed by atoms with Crippen molar-refractivity contribution in [3.8, 4) is 0 Å². The number of halogens is 3. The van der Waals surface area contributed by atoms with E-state index in [9.17, 15) is 18.0 Å². The number of urea groups is 1. The van der Waals surface area contributed by atoms with Crippen LogP contribution in [0.5, 0.6) is 0 Å². The fourth-order valence-electron chi connectivity index (χ4n) is 7.14. The van der Waals surface area contributed by atoms with Gasteiger partial charge in [-0.25, -0.2) is 4.79 Å². The summed E-state index contributed by atoms with van der Waals surface area (Å²) in [7, 11) is 1.57. The Balaban J connectivity index is 0.851. The predicted molar refractivity (Wildman–Crippen MR) is 129 cm³/mol. The number of nitrogens with zero attached hydrogens (tertiary/aromatic N) is 6. The highest BCUT2D eigenvalue weighted by atomic mass is 19.4. The zero-order valence-electron chi connectivity index (χ0n) is 21.2. The zero-order chi connectivity index (χ0) is 25.6. The number of aromatic nitrogens is 4. The molecule has 2 aromatic rings. The third kappa shape index (κ3) is 4.13. The Hall–Kier alpha value is -2.56. The van der Waals surface area contributed by atoms with Crippen LogP contribution in [0.3, 0.4) is 0 Å². The first-order valence-corrected chi connectivity index (χ1v) is 13.5. The lowest BCUT2D eigenvalue weighted by Crippen LogP contribution is -2.70. The van der Waals surface area contributed by atoms with E-state index in [4.69, 9.17) is 0 Å². The molecular formula is C26H34F3N7O. The molecule has 200 valence electrons. The fraction of sp³-hybridized carbons (Fsp3) is 0.731. The van der Waals surface area contributed by atoms with Gasteiger partial charge in [-0.3, -0.25) is 14.7 Å². The second-order valence-corrected chi connectivity index (χ2v) is 12.5. The topological polar surface area (TPSA) is 73.3 Å². The molecule has 2 aliphatic carbocycles. The maximum absolute atomic E-state index is 13.0. The van der Waals surface area contributed by atoms with Crippen molar-refractivity contribution in [2.75, 3.05) is 39.3 Å². The molecule has 2 aromatic heterocycles. The number of alkyl halides is 3. The first-order valence-electron chi connectivity index (χ1n) is 13.5. The molecular weight excluding hydrogens is 483 g/mol. The van der Waals surface area contributed by atoms with E-state index in [0.717, 1.165) is 71.0 Å². The van der Waals surface area contributed by atoms with Gasteiger partial charge < -0.3 is 9.80 Å². The van der Waals surface area contributed by atoms with Crippen LogP contribution in [0.25, 0.3) is 0 Å². The minimum absolute atomic E-state index is 0.166. The van der Waals surface area contributed by atoms with Crippen molar-refractivity contribution in [1.82, 2.24) is 34.7 Å². The van der Waals surface area contributed by atoms with Crippen molar-refractivity contribution in [2.45, 2.75) is 63.1 Å². The predicted octanol–water partition coefficient (Wildman–Crippen LogP) is 3.94. The molecule has 0 bridgehead atoms. The molecule has 8 nitrogen and oxygen atoms in total. The molecule has 11 heteroatoms. The van der Waals surface area contributed by atoms with Crippen LogP contribution in [0.4, 0.5) is 18.0 Å². The fourth-order valence-corrected chi connectivity index (χ4v) is 7.14. The summed E-state index contributed by atoms with van der Waals surface area (Å²) in [6, 6.07) is 3.59. The SMILES string of the molecule is Cn1nc(C(F)(F)F)cc1CN1CCC2(CC1)CN(C(=O)N1CC3(CC(c4cc(C5CC5)[nH]n4)C3)C1)C2. The number of carbonyl (C=O) groups excluding carboxylic acids is 1. The molecule has 5 aliphatic rings. The standard InChI is InChI=1S/C26H34F3N7O/c1-33-19(8-22(32-33)26(27,28)29)12-34-6-4-24(5-7-34)13-35(14-24)23(37)36-15-25(16-36)10-18(11-25)21-9-20(30-31-21)17-2-3-17/h8-9,17-18H,2-7,10-16H2,1H3,(H,30,31). The van der Waals surface area contributed by atoms with Gasteiger partial charge in [-0.15, -0.1) is 0 Å². The maximum Gasteiger partial charge on any atom is 0.435 e. The molecule has 5 heterocycles. The van der Waals surface area contributed by atoms with Gasteiger partial charge in [0.2, 0.25) is 0 Å². The summed E-state index contributed by atoms with van der Waals surface area (Å²) in [6.45, 7) is 5.46. The van der Waals surface area contributed by atoms with E-state index in [1.165, 1.54) is 28.9 Å². The number of aromatic amines is 1. The summed E-state index contributed by atoms with van der Waals surface area (Å²) in [5, 5.41) is 11.4. The van der Waals surface area contributed by atoms with E-state index in [2.05, 4.69) is 26.3 Å². The first-order chi connectivity index (χ1) is 17.6. The lowest BCUT2D eigenvalue weighted by Gasteiger charge is -2.61. The van der Waals surface area contributed by atoms with Crippen LogP contribution in [0.15, 0.2) is 12.1 Å². The highest BCUT2D eigenvalue weighted by molar-refractivity contribution is 5.77. The van der Waals surface area contributed by atoms with Gasteiger partial charge in [0.25, 0.3) is 0 Å². The van der Waals surface area contributed by atoms with Gasteiger partial charge in [-0.2, -0.15) is 23.4 Å². The molecule has 0 unspecified atom stereocenters. The largest absolute Gasteiger partial charge is 0.435 e. The number of hydrogen-bond acceptors (Lipinski definition) is 4. The average Bonchev–Trinajstić information content (AvgIpc) is 3.39. The van der Waals surface area contributed by atoms with Crippen LogP contribution in [0.1, 0.15) is 73.1 Å². The molecule has 7 rings (SSSR count). The van der Waals surface area contributed by atoms with Crippen molar-refractivity contribution >= 4 is 6.03 Å². The van der Waals surface area contributed by atoms with Crippen molar-refractivity contribution in [1.29, 1.82) is 0 Å². The van der Waals surface area contributed by atoms with Crippen LogP contribution >= 0.6 is 0 Å². The third-order valence-corrected chi connectivity index (χ3v) is 9.63. The Bertz CT molecular complexity index is 1190. The first kappa shape index (κ1) is 23.5. The Morgan fingerprint density at radius 1 is 1.03 bits per heavy atom. The van der Waals surface area contributed by atoms with Crippen LogP contribution in [0, 0.1) is 10.8 Å². The Morgan fingerprint density at radius 2 is 1.68 bits per heavy atom. The molecule has 3 aliphatic heterocycles. The molecule has 0 aromatic carbocycles. The second kappa shape index (κ2) is 7.97.